The van der Waals surface area contributed by atoms with Gasteiger partial charge in [-0.15, -0.1) is 11.8 Å². The van der Waals surface area contributed by atoms with Gasteiger partial charge in [0.05, 0.1) is 17.2 Å². The molecule has 1 unspecified atom stereocenters. The van der Waals surface area contributed by atoms with Crippen molar-refractivity contribution < 1.29 is 19.1 Å². The maximum absolute atomic E-state index is 12.3. The largest absolute Gasteiger partial charge is 0.480 e. The van der Waals surface area contributed by atoms with E-state index in [1.54, 1.807) is 32.2 Å². The lowest BCUT2D eigenvalue weighted by atomic mass is 10.2. The molecule has 0 aliphatic carbocycles. The van der Waals surface area contributed by atoms with Crippen molar-refractivity contribution >= 4 is 35.2 Å². The van der Waals surface area contributed by atoms with Crippen LogP contribution in [0.1, 0.15) is 19.7 Å². The minimum atomic E-state index is -1.02. The minimum Gasteiger partial charge on any atom is -0.480 e. The summed E-state index contributed by atoms with van der Waals surface area (Å²) in [4.78, 5) is 28.6. The van der Waals surface area contributed by atoms with E-state index in [0.29, 0.717) is 29.0 Å². The highest BCUT2D eigenvalue weighted by Gasteiger charge is 2.22. The Bertz CT molecular complexity index is 733. The molecule has 1 aromatic carbocycles. The topological polar surface area (TPSA) is 83.6 Å². The van der Waals surface area contributed by atoms with E-state index < -0.39 is 5.97 Å². The van der Waals surface area contributed by atoms with Crippen molar-refractivity contribution in [2.45, 2.75) is 24.9 Å². The Labute approximate surface area is 155 Å². The van der Waals surface area contributed by atoms with Gasteiger partial charge in [0.2, 0.25) is 11.8 Å². The first kappa shape index (κ1) is 19.3. The molecule has 0 saturated carbocycles. The number of oxazole rings is 1. The van der Waals surface area contributed by atoms with Crippen molar-refractivity contribution in [3.63, 3.8) is 0 Å². The lowest BCUT2D eigenvalue weighted by molar-refractivity contribution is -0.143. The number of aliphatic carboxylic acids is 1. The van der Waals surface area contributed by atoms with Crippen molar-refractivity contribution in [2.24, 2.45) is 0 Å². The van der Waals surface area contributed by atoms with E-state index in [1.165, 1.54) is 16.7 Å². The lowest BCUT2D eigenvalue weighted by Gasteiger charge is -2.22. The lowest BCUT2D eigenvalue weighted by Crippen LogP contribution is -2.39. The first-order chi connectivity index (χ1) is 11.9. The number of nitrogens with zero attached hydrogens (tertiary/aromatic N) is 2. The highest BCUT2D eigenvalue weighted by Crippen LogP contribution is 2.25. The Kier molecular flexibility index (Phi) is 6.90. The van der Waals surface area contributed by atoms with Crippen LogP contribution in [-0.2, 0) is 15.3 Å². The molecule has 8 heteroatoms. The van der Waals surface area contributed by atoms with E-state index in [2.05, 4.69) is 4.98 Å². The molecule has 1 aromatic heterocycles. The molecule has 0 spiro atoms. The second kappa shape index (κ2) is 8.92. The molecule has 0 fully saturated rings. The number of amides is 1. The molecule has 0 aliphatic rings. The molecule has 6 nitrogen and oxygen atoms in total. The van der Waals surface area contributed by atoms with E-state index in [0.717, 1.165) is 5.56 Å². The van der Waals surface area contributed by atoms with Crippen LogP contribution in [0.15, 0.2) is 34.9 Å². The fourth-order valence-electron chi connectivity index (χ4n) is 2.16. The van der Waals surface area contributed by atoms with Crippen LogP contribution < -0.4 is 0 Å². The number of carboxylic acids is 1. The number of thioether (sulfide) groups is 1. The van der Waals surface area contributed by atoms with Crippen molar-refractivity contribution in [1.82, 2.24) is 9.88 Å². The summed E-state index contributed by atoms with van der Waals surface area (Å²) in [5.74, 6) is 0.334. The van der Waals surface area contributed by atoms with Crippen LogP contribution in [0.25, 0.3) is 11.3 Å². The summed E-state index contributed by atoms with van der Waals surface area (Å²) < 4.78 is 5.70. The Balaban J connectivity index is 1.93. The van der Waals surface area contributed by atoms with Crippen LogP contribution in [0.4, 0.5) is 0 Å². The molecule has 0 aliphatic heterocycles. The molecular weight excluding hydrogens is 364 g/mol. The van der Waals surface area contributed by atoms with Gasteiger partial charge in [-0.3, -0.25) is 9.59 Å². The van der Waals surface area contributed by atoms with Crippen LogP contribution in [0.5, 0.6) is 0 Å². The number of carbonyl (C=O) groups excluding carboxylic acids is 1. The standard InChI is InChI=1S/C17H19ClN2O4S/c1-3-20(9-16(21)22)17(23)11(2)25-10-15-19-8-14(24-15)12-4-6-13(18)7-5-12/h4-8,11H,3,9-10H2,1-2H3,(H,21,22). The van der Waals surface area contributed by atoms with E-state index in [-0.39, 0.29) is 17.7 Å². The molecule has 0 radical (unpaired) electrons. The third kappa shape index (κ3) is 5.51. The molecule has 0 bridgehead atoms. The highest BCUT2D eigenvalue weighted by atomic mass is 35.5. The first-order valence-electron chi connectivity index (χ1n) is 7.73. The number of carbonyl (C=O) groups is 2. The van der Waals surface area contributed by atoms with Gasteiger partial charge in [-0.1, -0.05) is 11.6 Å². The molecular formula is C17H19ClN2O4S. The summed E-state index contributed by atoms with van der Waals surface area (Å²) in [5.41, 5.74) is 0.871. The van der Waals surface area contributed by atoms with Crippen molar-refractivity contribution in [3.05, 3.63) is 41.4 Å². The Morgan fingerprint density at radius 3 is 2.64 bits per heavy atom. The fourth-order valence-corrected chi connectivity index (χ4v) is 3.10. The van der Waals surface area contributed by atoms with Gasteiger partial charge in [0.15, 0.2) is 5.76 Å². The minimum absolute atomic E-state index is 0.209. The van der Waals surface area contributed by atoms with E-state index >= 15 is 0 Å². The van der Waals surface area contributed by atoms with Crippen LogP contribution in [0.2, 0.25) is 5.02 Å². The predicted octanol–water partition coefficient (Wildman–Crippen LogP) is 3.55. The number of benzene rings is 1. The van der Waals surface area contributed by atoms with Crippen LogP contribution in [0, 0.1) is 0 Å². The zero-order valence-corrected chi connectivity index (χ0v) is 15.5. The second-order valence-corrected chi connectivity index (χ2v) is 7.09. The Morgan fingerprint density at radius 1 is 1.36 bits per heavy atom. The number of halogens is 1. The number of likely N-dealkylation sites (N-methyl/N-ethyl adjacent to an activating group) is 1. The Hall–Kier alpha value is -1.99. The summed E-state index contributed by atoms with van der Waals surface area (Å²) in [7, 11) is 0. The van der Waals surface area contributed by atoms with Gasteiger partial charge in [-0.2, -0.15) is 0 Å². The molecule has 1 atom stereocenters. The monoisotopic (exact) mass is 382 g/mol. The summed E-state index contributed by atoms with van der Waals surface area (Å²) in [6.45, 7) is 3.57. The second-order valence-electron chi connectivity index (χ2n) is 5.32. The summed E-state index contributed by atoms with van der Waals surface area (Å²) >= 11 is 7.22. The number of carboxylic acid groups (broad SMARTS) is 1. The molecule has 134 valence electrons. The number of aromatic nitrogens is 1. The van der Waals surface area contributed by atoms with Gasteiger partial charge in [0, 0.05) is 17.1 Å². The van der Waals surface area contributed by atoms with Crippen LogP contribution in [0.3, 0.4) is 0 Å². The molecule has 1 N–H and O–H groups in total. The highest BCUT2D eigenvalue weighted by molar-refractivity contribution is 7.99. The molecule has 25 heavy (non-hydrogen) atoms. The van der Waals surface area contributed by atoms with E-state index in [4.69, 9.17) is 21.1 Å². The fraction of sp³-hybridized carbons (Fsp3) is 0.353. The molecule has 1 amide bonds. The maximum Gasteiger partial charge on any atom is 0.323 e. The van der Waals surface area contributed by atoms with Gasteiger partial charge in [-0.25, -0.2) is 4.98 Å². The number of hydrogen-bond acceptors (Lipinski definition) is 5. The van der Waals surface area contributed by atoms with Gasteiger partial charge in [0.1, 0.15) is 6.54 Å². The van der Waals surface area contributed by atoms with Gasteiger partial charge in [-0.05, 0) is 38.1 Å². The number of rotatable bonds is 8. The summed E-state index contributed by atoms with van der Waals surface area (Å²) in [5, 5.41) is 9.11. The van der Waals surface area contributed by atoms with E-state index in [9.17, 15) is 9.59 Å². The van der Waals surface area contributed by atoms with Crippen LogP contribution >= 0.6 is 23.4 Å². The number of hydrogen-bond donors (Lipinski definition) is 1. The maximum atomic E-state index is 12.3. The Morgan fingerprint density at radius 2 is 2.04 bits per heavy atom. The van der Waals surface area contributed by atoms with Crippen molar-refractivity contribution in [3.8, 4) is 11.3 Å². The van der Waals surface area contributed by atoms with Gasteiger partial charge in [0.25, 0.3) is 0 Å². The van der Waals surface area contributed by atoms with Crippen molar-refractivity contribution in [1.29, 1.82) is 0 Å². The van der Waals surface area contributed by atoms with Crippen molar-refractivity contribution in [2.75, 3.05) is 13.1 Å². The molecule has 2 aromatic rings. The summed E-state index contributed by atoms with van der Waals surface area (Å²) in [6.07, 6.45) is 1.63. The predicted molar refractivity (Wildman–Crippen MR) is 97.6 cm³/mol. The SMILES string of the molecule is CCN(CC(=O)O)C(=O)C(C)SCc1ncc(-c2ccc(Cl)cc2)o1. The van der Waals surface area contributed by atoms with Crippen LogP contribution in [-0.4, -0.2) is 45.2 Å². The van der Waals surface area contributed by atoms with E-state index in [1.807, 2.05) is 12.1 Å². The zero-order chi connectivity index (χ0) is 18.4. The summed E-state index contributed by atoms with van der Waals surface area (Å²) in [6, 6.07) is 7.24. The average Bonchev–Trinajstić information content (AvgIpc) is 3.06. The molecule has 2 rings (SSSR count). The normalized spacial score (nSPS) is 12.0. The molecule has 0 saturated heterocycles. The van der Waals surface area contributed by atoms with Gasteiger partial charge >= 0.3 is 5.97 Å². The first-order valence-corrected chi connectivity index (χ1v) is 9.16. The molecule has 1 heterocycles. The third-order valence-corrected chi connectivity index (χ3v) is 4.87. The van der Waals surface area contributed by atoms with Gasteiger partial charge < -0.3 is 14.4 Å². The smallest absolute Gasteiger partial charge is 0.323 e. The third-order valence-electron chi connectivity index (χ3n) is 3.51. The quantitative estimate of drug-likeness (QED) is 0.751. The average molecular weight is 383 g/mol. The zero-order valence-electron chi connectivity index (χ0n) is 13.9.